The van der Waals surface area contributed by atoms with Gasteiger partial charge in [-0.2, -0.15) is 0 Å². The highest BCUT2D eigenvalue weighted by atomic mass is 35.5. The molecule has 1 radical (unpaired) electrons. The summed E-state index contributed by atoms with van der Waals surface area (Å²) in [6.07, 6.45) is 2.34. The Morgan fingerprint density at radius 3 is 2.77 bits per heavy atom. The molecule has 1 saturated heterocycles. The van der Waals surface area contributed by atoms with E-state index in [0.717, 1.165) is 0 Å². The molecule has 2 N–H and O–H groups in total. The Labute approximate surface area is 161 Å². The van der Waals surface area contributed by atoms with Crippen molar-refractivity contribution in [1.82, 2.24) is 24.8 Å². The lowest BCUT2D eigenvalue weighted by atomic mass is 9.82. The van der Waals surface area contributed by atoms with E-state index in [9.17, 15) is 4.79 Å². The first-order valence-electron chi connectivity index (χ1n) is 8.28. The van der Waals surface area contributed by atoms with Crippen LogP contribution in [0.5, 0.6) is 0 Å². The van der Waals surface area contributed by atoms with Gasteiger partial charge in [-0.15, -0.1) is 0 Å². The lowest BCUT2D eigenvalue weighted by molar-refractivity contribution is 0.0359. The number of aryl methyl sites for hydroxylation is 2. The number of aromatic amines is 1. The Morgan fingerprint density at radius 2 is 2.27 bits per heavy atom. The summed E-state index contributed by atoms with van der Waals surface area (Å²) in [6, 6.07) is 0. The van der Waals surface area contributed by atoms with Crippen LogP contribution in [0.1, 0.15) is 28.3 Å². The molecule has 3 rings (SSSR count). The molecule has 0 unspecified atom stereocenters. The number of nitrogens with zero attached hydrogens (tertiary/aromatic N) is 3. The summed E-state index contributed by atoms with van der Waals surface area (Å²) in [5, 5.41) is 3.26. The first kappa shape index (κ1) is 19.2. The number of carbonyl (C=O) groups is 1. The van der Waals surface area contributed by atoms with E-state index in [1.54, 1.807) is 31.1 Å². The Kier molecular flexibility index (Phi) is 5.33. The van der Waals surface area contributed by atoms with Crippen LogP contribution >= 0.6 is 23.2 Å². The van der Waals surface area contributed by atoms with Crippen molar-refractivity contribution in [2.75, 3.05) is 19.6 Å². The van der Waals surface area contributed by atoms with Crippen LogP contribution in [0.2, 0.25) is 10.0 Å². The summed E-state index contributed by atoms with van der Waals surface area (Å²) in [5.74, 6) is -0.513. The molecule has 0 spiro atoms. The Balaban J connectivity index is 1.96. The van der Waals surface area contributed by atoms with E-state index in [2.05, 4.69) is 22.2 Å². The molecule has 0 bridgehead atoms. The van der Waals surface area contributed by atoms with Gasteiger partial charge < -0.3 is 19.8 Å². The van der Waals surface area contributed by atoms with E-state index >= 15 is 4.39 Å². The molecule has 0 aromatic carbocycles. The Hall–Kier alpha value is -1.57. The van der Waals surface area contributed by atoms with E-state index in [-0.39, 0.29) is 22.3 Å². The number of aromatic nitrogens is 3. The molecule has 141 valence electrons. The molecular weight excluding hydrogens is 380 g/mol. The van der Waals surface area contributed by atoms with Gasteiger partial charge in [0.05, 0.1) is 22.1 Å². The fourth-order valence-corrected chi connectivity index (χ4v) is 3.71. The van der Waals surface area contributed by atoms with Gasteiger partial charge in [0, 0.05) is 32.0 Å². The maximum atomic E-state index is 15.3. The van der Waals surface area contributed by atoms with Crippen molar-refractivity contribution >= 4 is 29.1 Å². The highest BCUT2D eigenvalue weighted by Crippen LogP contribution is 2.36. The normalized spacial score (nSPS) is 24.0. The van der Waals surface area contributed by atoms with Gasteiger partial charge in [0.25, 0.3) is 5.91 Å². The second-order valence-corrected chi connectivity index (χ2v) is 7.38. The molecule has 3 heterocycles. The van der Waals surface area contributed by atoms with Gasteiger partial charge in [-0.05, 0) is 26.8 Å². The molecule has 9 heteroatoms. The summed E-state index contributed by atoms with van der Waals surface area (Å²) < 4.78 is 17.0. The van der Waals surface area contributed by atoms with Crippen molar-refractivity contribution in [2.24, 2.45) is 7.05 Å². The standard InChI is InChI=1S/C17H21Cl2FN5O/c1-4-25-6-5-17(11(20)7-25,12-8-24(3)9-21-12)23-16(26)15-14(19)13(18)10(2)22-15/h8-9,11,22H,1,4-7H2,2-3H3,(H,23,26)/t11-,17-/m0/s1. The second kappa shape index (κ2) is 7.21. The van der Waals surface area contributed by atoms with E-state index in [1.807, 2.05) is 4.90 Å². The summed E-state index contributed by atoms with van der Waals surface area (Å²) in [5.41, 5.74) is -0.0533. The summed E-state index contributed by atoms with van der Waals surface area (Å²) >= 11 is 12.2. The molecule has 6 nitrogen and oxygen atoms in total. The molecule has 2 aromatic heterocycles. The number of hydrogen-bond acceptors (Lipinski definition) is 3. The fourth-order valence-electron chi connectivity index (χ4n) is 3.30. The van der Waals surface area contributed by atoms with Crippen LogP contribution in [0.15, 0.2) is 12.5 Å². The van der Waals surface area contributed by atoms with Crippen LogP contribution in [0.4, 0.5) is 4.39 Å². The van der Waals surface area contributed by atoms with Gasteiger partial charge in [-0.3, -0.25) is 4.79 Å². The van der Waals surface area contributed by atoms with Crippen molar-refractivity contribution in [3.05, 3.63) is 46.6 Å². The molecule has 0 aliphatic carbocycles. The number of carbonyl (C=O) groups excluding carboxylic acids is 1. The smallest absolute Gasteiger partial charge is 0.270 e. The molecule has 1 amide bonds. The van der Waals surface area contributed by atoms with Gasteiger partial charge >= 0.3 is 0 Å². The van der Waals surface area contributed by atoms with Crippen molar-refractivity contribution in [3.8, 4) is 0 Å². The first-order chi connectivity index (χ1) is 12.3. The third-order valence-electron chi connectivity index (χ3n) is 4.87. The number of likely N-dealkylation sites (tertiary alicyclic amines) is 1. The third-order valence-corrected chi connectivity index (χ3v) is 5.82. The SMILES string of the molecule is [CH2]CN1CC[C@@](NC(=O)c2[nH]c(C)c(Cl)c2Cl)(c2cn(C)cn2)[C@@H](F)C1. The molecule has 2 aromatic rings. The minimum atomic E-state index is -1.35. The number of piperidine rings is 1. The third kappa shape index (κ3) is 3.23. The summed E-state index contributed by atoms with van der Waals surface area (Å²) in [4.78, 5) is 21.9. The minimum Gasteiger partial charge on any atom is -0.352 e. The van der Waals surface area contributed by atoms with E-state index in [4.69, 9.17) is 23.2 Å². The van der Waals surface area contributed by atoms with Crippen LogP contribution in [0.25, 0.3) is 0 Å². The quantitative estimate of drug-likeness (QED) is 0.828. The second-order valence-electron chi connectivity index (χ2n) is 6.62. The van der Waals surface area contributed by atoms with Crippen LogP contribution in [0.3, 0.4) is 0 Å². The first-order valence-corrected chi connectivity index (χ1v) is 9.04. The molecule has 1 aliphatic rings. The average Bonchev–Trinajstić information content (AvgIpc) is 3.16. The van der Waals surface area contributed by atoms with Gasteiger partial charge in [0.15, 0.2) is 0 Å². The lowest BCUT2D eigenvalue weighted by Gasteiger charge is -2.43. The molecule has 1 fully saturated rings. The lowest BCUT2D eigenvalue weighted by Crippen LogP contribution is -2.60. The van der Waals surface area contributed by atoms with Gasteiger partial charge in [-0.25, -0.2) is 9.37 Å². The van der Waals surface area contributed by atoms with Crippen molar-refractivity contribution in [2.45, 2.75) is 25.1 Å². The zero-order valence-electron chi connectivity index (χ0n) is 14.7. The van der Waals surface area contributed by atoms with Gasteiger partial charge in [0.1, 0.15) is 17.4 Å². The number of imidazole rings is 1. The van der Waals surface area contributed by atoms with Gasteiger partial charge in [0.2, 0.25) is 0 Å². The molecule has 1 aliphatic heterocycles. The minimum absolute atomic E-state index is 0.122. The van der Waals surface area contributed by atoms with Crippen LogP contribution in [-0.2, 0) is 12.6 Å². The Morgan fingerprint density at radius 1 is 1.54 bits per heavy atom. The predicted molar refractivity (Wildman–Crippen MR) is 99.2 cm³/mol. The number of nitrogens with one attached hydrogen (secondary N) is 2. The fraction of sp³-hybridized carbons (Fsp3) is 0.471. The van der Waals surface area contributed by atoms with Crippen molar-refractivity contribution in [1.29, 1.82) is 0 Å². The number of H-pyrrole nitrogens is 1. The predicted octanol–water partition coefficient (Wildman–Crippen LogP) is 2.87. The zero-order valence-corrected chi connectivity index (χ0v) is 16.2. The highest BCUT2D eigenvalue weighted by molar-refractivity contribution is 6.44. The largest absolute Gasteiger partial charge is 0.352 e. The van der Waals surface area contributed by atoms with E-state index in [1.165, 1.54) is 0 Å². The Bertz CT molecular complexity index is 820. The van der Waals surface area contributed by atoms with Crippen LogP contribution < -0.4 is 5.32 Å². The average molecular weight is 401 g/mol. The molecule has 0 saturated carbocycles. The van der Waals surface area contributed by atoms with E-state index in [0.29, 0.717) is 30.9 Å². The van der Waals surface area contributed by atoms with Crippen LogP contribution in [-0.4, -0.2) is 51.1 Å². The number of rotatable bonds is 4. The summed E-state index contributed by atoms with van der Waals surface area (Å²) in [7, 11) is 1.80. The maximum absolute atomic E-state index is 15.3. The molecular formula is C17H21Cl2FN5O. The van der Waals surface area contributed by atoms with Crippen LogP contribution in [0, 0.1) is 13.8 Å². The molecule has 26 heavy (non-hydrogen) atoms. The number of alkyl halides is 1. The highest BCUT2D eigenvalue weighted by Gasteiger charge is 2.48. The van der Waals surface area contributed by atoms with Crippen molar-refractivity contribution in [3.63, 3.8) is 0 Å². The topological polar surface area (TPSA) is 66.0 Å². The van der Waals surface area contributed by atoms with Gasteiger partial charge in [-0.1, -0.05) is 23.2 Å². The number of hydrogen-bond donors (Lipinski definition) is 2. The summed E-state index contributed by atoms with van der Waals surface area (Å²) in [6.45, 7) is 6.79. The van der Waals surface area contributed by atoms with E-state index < -0.39 is 17.6 Å². The monoisotopic (exact) mass is 400 g/mol. The molecule has 2 atom stereocenters. The number of halogens is 3. The zero-order chi connectivity index (χ0) is 19.1. The maximum Gasteiger partial charge on any atom is 0.270 e. The van der Waals surface area contributed by atoms with Crippen molar-refractivity contribution < 1.29 is 9.18 Å². The number of amides is 1.